The highest BCUT2D eigenvalue weighted by atomic mass is 35.7. The Morgan fingerprint density at radius 2 is 1.81 bits per heavy atom. The number of anilines is 1. The van der Waals surface area contributed by atoms with Crippen LogP contribution in [0.3, 0.4) is 0 Å². The largest absolute Gasteiger partial charge is 0.284 e. The molecule has 90 valence electrons. The predicted octanol–water partition coefficient (Wildman–Crippen LogP) is 1.12. The van der Waals surface area contributed by atoms with Crippen molar-refractivity contribution in [2.45, 2.75) is 4.90 Å². The van der Waals surface area contributed by atoms with Crippen LogP contribution in [0, 0.1) is 5.82 Å². The van der Waals surface area contributed by atoms with Crippen LogP contribution in [0.4, 0.5) is 10.1 Å². The zero-order chi connectivity index (χ0) is 12.6. The molecule has 0 atom stereocenters. The molecule has 0 radical (unpaired) electrons. The van der Waals surface area contributed by atoms with E-state index in [2.05, 4.69) is 0 Å². The molecule has 0 aliphatic heterocycles. The molecular weight excluding hydrogens is 281 g/mol. The first kappa shape index (κ1) is 13.2. The second kappa shape index (κ2) is 4.19. The average Bonchev–Trinajstić information content (AvgIpc) is 1.97. The van der Waals surface area contributed by atoms with Crippen LogP contribution in [0.1, 0.15) is 0 Å². The van der Waals surface area contributed by atoms with Gasteiger partial charge in [0.15, 0.2) is 0 Å². The zero-order valence-electron chi connectivity index (χ0n) is 7.94. The summed E-state index contributed by atoms with van der Waals surface area (Å²) >= 11 is 0. The summed E-state index contributed by atoms with van der Waals surface area (Å²) in [5.41, 5.74) is -0.0796. The van der Waals surface area contributed by atoms with E-state index in [0.29, 0.717) is 0 Å². The van der Waals surface area contributed by atoms with Crippen LogP contribution in [0.25, 0.3) is 0 Å². The molecule has 0 bridgehead atoms. The van der Waals surface area contributed by atoms with Crippen molar-refractivity contribution in [3.63, 3.8) is 0 Å². The molecule has 0 fully saturated rings. The maximum Gasteiger partial charge on any atom is 0.264 e. The fourth-order valence-electron chi connectivity index (χ4n) is 0.976. The second-order valence-electron chi connectivity index (χ2n) is 2.96. The monoisotopic (exact) mass is 287 g/mol. The molecule has 1 aromatic rings. The van der Waals surface area contributed by atoms with Gasteiger partial charge in [0.2, 0.25) is 10.0 Å². The van der Waals surface area contributed by atoms with Crippen molar-refractivity contribution in [3.05, 3.63) is 24.0 Å². The molecule has 1 aromatic carbocycles. The van der Waals surface area contributed by atoms with Crippen molar-refractivity contribution in [3.8, 4) is 0 Å². The number of nitrogens with one attached hydrogen (secondary N) is 1. The van der Waals surface area contributed by atoms with Crippen LogP contribution >= 0.6 is 10.7 Å². The van der Waals surface area contributed by atoms with Gasteiger partial charge in [0.05, 0.1) is 11.9 Å². The fraction of sp³-hybridized carbons (Fsp3) is 0.143. The standard InChI is InChI=1S/C7H7ClFNO4S2/c1-15(11,12)10-5-2-3-7(6(9)4-5)16(8,13)14/h2-4,10H,1H3. The summed E-state index contributed by atoms with van der Waals surface area (Å²) in [6.45, 7) is 0. The van der Waals surface area contributed by atoms with Crippen molar-refractivity contribution >= 4 is 35.4 Å². The Hall–Kier alpha value is -0.860. The summed E-state index contributed by atoms with van der Waals surface area (Å²) in [5.74, 6) is -1.12. The lowest BCUT2D eigenvalue weighted by Gasteiger charge is -2.05. The molecule has 0 heterocycles. The maximum absolute atomic E-state index is 13.2. The minimum absolute atomic E-state index is 0.0796. The lowest BCUT2D eigenvalue weighted by atomic mass is 10.3. The molecule has 0 spiro atoms. The predicted molar refractivity (Wildman–Crippen MR) is 57.9 cm³/mol. The Balaban J connectivity index is 3.20. The highest BCUT2D eigenvalue weighted by molar-refractivity contribution is 8.13. The smallest absolute Gasteiger partial charge is 0.264 e. The highest BCUT2D eigenvalue weighted by Gasteiger charge is 2.16. The number of halogens is 2. The fourth-order valence-corrected chi connectivity index (χ4v) is 2.43. The number of rotatable bonds is 3. The van der Waals surface area contributed by atoms with Gasteiger partial charge in [-0.1, -0.05) is 0 Å². The van der Waals surface area contributed by atoms with Crippen molar-refractivity contribution in [2.75, 3.05) is 11.0 Å². The van der Waals surface area contributed by atoms with Gasteiger partial charge in [-0.05, 0) is 18.2 Å². The van der Waals surface area contributed by atoms with Crippen LogP contribution in [-0.2, 0) is 19.1 Å². The number of hydrogen-bond donors (Lipinski definition) is 1. The van der Waals surface area contributed by atoms with Crippen molar-refractivity contribution < 1.29 is 21.2 Å². The first-order valence-electron chi connectivity index (χ1n) is 3.81. The van der Waals surface area contributed by atoms with E-state index in [1.807, 2.05) is 4.72 Å². The van der Waals surface area contributed by atoms with E-state index < -0.39 is 29.8 Å². The third kappa shape index (κ3) is 3.62. The summed E-state index contributed by atoms with van der Waals surface area (Å²) in [6.07, 6.45) is 0.886. The van der Waals surface area contributed by atoms with Gasteiger partial charge in [0, 0.05) is 10.7 Å². The Labute approximate surface area is 96.7 Å². The Morgan fingerprint density at radius 1 is 1.25 bits per heavy atom. The zero-order valence-corrected chi connectivity index (χ0v) is 10.3. The van der Waals surface area contributed by atoms with E-state index >= 15 is 0 Å². The molecule has 0 saturated carbocycles. The van der Waals surface area contributed by atoms with Gasteiger partial charge in [-0.15, -0.1) is 0 Å². The van der Waals surface area contributed by atoms with E-state index in [1.54, 1.807) is 0 Å². The van der Waals surface area contributed by atoms with Gasteiger partial charge in [-0.25, -0.2) is 21.2 Å². The maximum atomic E-state index is 13.2. The first-order chi connectivity index (χ1) is 7.09. The normalized spacial score (nSPS) is 12.4. The van der Waals surface area contributed by atoms with E-state index in [-0.39, 0.29) is 5.69 Å². The van der Waals surface area contributed by atoms with Gasteiger partial charge in [0.25, 0.3) is 9.05 Å². The summed E-state index contributed by atoms with van der Waals surface area (Å²) < 4.78 is 58.5. The van der Waals surface area contributed by atoms with Gasteiger partial charge in [-0.3, -0.25) is 4.72 Å². The Bertz CT molecular complexity index is 611. The van der Waals surface area contributed by atoms with Crippen LogP contribution in [0.2, 0.25) is 0 Å². The van der Waals surface area contributed by atoms with Gasteiger partial charge < -0.3 is 0 Å². The molecule has 1 N–H and O–H groups in total. The Kier molecular flexibility index (Phi) is 3.46. The third-order valence-corrected chi connectivity index (χ3v) is 3.46. The molecule has 0 aromatic heterocycles. The van der Waals surface area contributed by atoms with Crippen LogP contribution in [-0.4, -0.2) is 23.1 Å². The van der Waals surface area contributed by atoms with Gasteiger partial charge in [0.1, 0.15) is 10.7 Å². The van der Waals surface area contributed by atoms with Gasteiger partial charge >= 0.3 is 0 Å². The quantitative estimate of drug-likeness (QED) is 0.845. The molecule has 0 amide bonds. The van der Waals surface area contributed by atoms with Crippen LogP contribution in [0.15, 0.2) is 23.1 Å². The van der Waals surface area contributed by atoms with E-state index in [1.165, 1.54) is 0 Å². The minimum Gasteiger partial charge on any atom is -0.284 e. The molecule has 0 saturated heterocycles. The molecule has 0 aliphatic carbocycles. The molecule has 5 nitrogen and oxygen atoms in total. The summed E-state index contributed by atoms with van der Waals surface area (Å²) in [4.78, 5) is -0.701. The summed E-state index contributed by atoms with van der Waals surface area (Å²) in [5, 5.41) is 0. The van der Waals surface area contributed by atoms with Crippen molar-refractivity contribution in [1.29, 1.82) is 0 Å². The summed E-state index contributed by atoms with van der Waals surface area (Å²) in [7, 11) is -2.77. The SMILES string of the molecule is CS(=O)(=O)Nc1ccc(S(=O)(=O)Cl)c(F)c1. The topological polar surface area (TPSA) is 80.3 Å². The number of sulfonamides is 1. The van der Waals surface area contributed by atoms with Crippen molar-refractivity contribution in [1.82, 2.24) is 0 Å². The Morgan fingerprint density at radius 3 is 2.19 bits per heavy atom. The molecule has 16 heavy (non-hydrogen) atoms. The lowest BCUT2D eigenvalue weighted by Crippen LogP contribution is -2.10. The molecule has 0 aliphatic rings. The molecular formula is C7H7ClFNO4S2. The molecule has 9 heteroatoms. The van der Waals surface area contributed by atoms with Crippen LogP contribution < -0.4 is 4.72 Å². The van der Waals surface area contributed by atoms with E-state index in [9.17, 15) is 21.2 Å². The van der Waals surface area contributed by atoms with Gasteiger partial charge in [-0.2, -0.15) is 0 Å². The number of hydrogen-bond acceptors (Lipinski definition) is 4. The lowest BCUT2D eigenvalue weighted by molar-refractivity contribution is 0.576. The second-order valence-corrected chi connectivity index (χ2v) is 7.24. The molecule has 0 unspecified atom stereocenters. The van der Waals surface area contributed by atoms with Crippen molar-refractivity contribution in [2.24, 2.45) is 0 Å². The average molecular weight is 288 g/mol. The summed E-state index contributed by atoms with van der Waals surface area (Å²) in [6, 6.07) is 2.71. The third-order valence-electron chi connectivity index (χ3n) is 1.50. The minimum atomic E-state index is -4.17. The van der Waals surface area contributed by atoms with E-state index in [4.69, 9.17) is 10.7 Å². The molecule has 1 rings (SSSR count). The number of benzene rings is 1. The van der Waals surface area contributed by atoms with E-state index in [0.717, 1.165) is 24.5 Å². The first-order valence-corrected chi connectivity index (χ1v) is 8.02. The highest BCUT2D eigenvalue weighted by Crippen LogP contribution is 2.22. The van der Waals surface area contributed by atoms with Crippen LogP contribution in [0.5, 0.6) is 0 Å².